The number of anilines is 1. The topological polar surface area (TPSA) is 55.4 Å². The van der Waals surface area contributed by atoms with Crippen molar-refractivity contribution in [3.05, 3.63) is 95.1 Å². The van der Waals surface area contributed by atoms with Gasteiger partial charge in [0.05, 0.1) is 0 Å². The van der Waals surface area contributed by atoms with Gasteiger partial charge in [0.15, 0.2) is 11.9 Å². The van der Waals surface area contributed by atoms with Gasteiger partial charge in [0.1, 0.15) is 5.75 Å². The summed E-state index contributed by atoms with van der Waals surface area (Å²) in [6.07, 6.45) is -0.690. The lowest BCUT2D eigenvalue weighted by Gasteiger charge is -2.20. The molecule has 0 aliphatic rings. The quantitative estimate of drug-likeness (QED) is 0.409. The molecule has 0 aliphatic carbocycles. The number of ketones is 1. The highest BCUT2D eigenvalue weighted by Crippen LogP contribution is 2.25. The molecule has 178 valence electrons. The van der Waals surface area contributed by atoms with E-state index in [0.29, 0.717) is 22.6 Å². The van der Waals surface area contributed by atoms with Gasteiger partial charge < -0.3 is 10.1 Å². The summed E-state index contributed by atoms with van der Waals surface area (Å²) in [4.78, 5) is 25.7. The zero-order valence-electron chi connectivity index (χ0n) is 21.2. The lowest BCUT2D eigenvalue weighted by Crippen LogP contribution is -2.30. The Morgan fingerprint density at radius 1 is 0.735 bits per heavy atom. The van der Waals surface area contributed by atoms with Gasteiger partial charge in [-0.3, -0.25) is 9.59 Å². The molecule has 4 heteroatoms. The van der Waals surface area contributed by atoms with Crippen molar-refractivity contribution in [1.29, 1.82) is 0 Å². The fourth-order valence-corrected chi connectivity index (χ4v) is 3.56. The molecule has 1 amide bonds. The second-order valence-corrected chi connectivity index (χ2v) is 10.8. The minimum Gasteiger partial charge on any atom is -0.481 e. The molecule has 0 fully saturated rings. The normalized spacial score (nSPS) is 12.7. The van der Waals surface area contributed by atoms with Gasteiger partial charge in [-0.2, -0.15) is 0 Å². The summed E-state index contributed by atoms with van der Waals surface area (Å²) >= 11 is 0. The van der Waals surface area contributed by atoms with Crippen molar-refractivity contribution in [1.82, 2.24) is 0 Å². The smallest absolute Gasteiger partial charge is 0.265 e. The van der Waals surface area contributed by atoms with Crippen molar-refractivity contribution in [3.63, 3.8) is 0 Å². The third-order valence-electron chi connectivity index (χ3n) is 5.81. The minimum atomic E-state index is -0.690. The summed E-state index contributed by atoms with van der Waals surface area (Å²) in [5, 5.41) is 2.86. The van der Waals surface area contributed by atoms with Crippen LogP contribution in [0, 0.1) is 0 Å². The molecule has 4 nitrogen and oxygen atoms in total. The first-order valence-electron chi connectivity index (χ1n) is 11.7. The molecule has 3 aromatic rings. The van der Waals surface area contributed by atoms with Gasteiger partial charge in [-0.1, -0.05) is 90.1 Å². The summed E-state index contributed by atoms with van der Waals surface area (Å²) in [5.74, 6) is 0.275. The van der Waals surface area contributed by atoms with E-state index in [0.717, 1.165) is 0 Å². The van der Waals surface area contributed by atoms with Gasteiger partial charge in [-0.25, -0.2) is 0 Å². The zero-order valence-corrected chi connectivity index (χ0v) is 21.2. The van der Waals surface area contributed by atoms with Crippen LogP contribution < -0.4 is 10.1 Å². The molecule has 3 aromatic carbocycles. The van der Waals surface area contributed by atoms with Crippen molar-refractivity contribution >= 4 is 17.4 Å². The van der Waals surface area contributed by atoms with Crippen LogP contribution in [0.25, 0.3) is 0 Å². The molecule has 0 radical (unpaired) electrons. The molecule has 0 aromatic heterocycles. The van der Waals surface area contributed by atoms with Gasteiger partial charge >= 0.3 is 0 Å². The number of carbonyl (C=O) groups excluding carboxylic acids is 2. The van der Waals surface area contributed by atoms with E-state index in [9.17, 15) is 9.59 Å². The highest BCUT2D eigenvalue weighted by molar-refractivity contribution is 6.09. The van der Waals surface area contributed by atoms with Gasteiger partial charge in [0.2, 0.25) is 0 Å². The third-order valence-corrected chi connectivity index (χ3v) is 5.81. The molecule has 0 spiro atoms. The fraction of sp³-hybridized carbons (Fsp3) is 0.333. The molecule has 0 heterocycles. The lowest BCUT2D eigenvalue weighted by molar-refractivity contribution is -0.122. The van der Waals surface area contributed by atoms with Crippen LogP contribution in [0.2, 0.25) is 0 Å². The summed E-state index contributed by atoms with van der Waals surface area (Å²) in [7, 11) is 0. The highest BCUT2D eigenvalue weighted by Gasteiger charge is 2.18. The van der Waals surface area contributed by atoms with Crippen molar-refractivity contribution in [2.75, 3.05) is 5.32 Å². The van der Waals surface area contributed by atoms with E-state index in [2.05, 4.69) is 46.9 Å². The number of hydrogen-bond donors (Lipinski definition) is 1. The van der Waals surface area contributed by atoms with E-state index >= 15 is 0 Å². The first-order valence-corrected chi connectivity index (χ1v) is 11.7. The van der Waals surface area contributed by atoms with Gasteiger partial charge in [-0.05, 0) is 53.1 Å². The van der Waals surface area contributed by atoms with E-state index in [1.807, 2.05) is 48.5 Å². The third kappa shape index (κ3) is 6.34. The standard InChI is InChI=1S/C30H35NO3/c1-20(34-26-17-15-24(16-18-26)30(5,6)7)28(33)31-25-10-8-9-22(19-25)27(32)21-11-13-23(14-12-21)29(2,3)4/h8-20H,1-7H3,(H,31,33)/t20-/m1/s1. The molecule has 0 unspecified atom stereocenters. The van der Waals surface area contributed by atoms with Gasteiger partial charge in [0.25, 0.3) is 5.91 Å². The van der Waals surface area contributed by atoms with Crippen LogP contribution in [-0.4, -0.2) is 17.8 Å². The van der Waals surface area contributed by atoms with Crippen molar-refractivity contribution in [2.24, 2.45) is 0 Å². The molecule has 0 saturated carbocycles. The number of amides is 1. The van der Waals surface area contributed by atoms with E-state index in [-0.39, 0.29) is 22.5 Å². The first kappa shape index (κ1) is 25.2. The van der Waals surface area contributed by atoms with Crippen molar-refractivity contribution in [2.45, 2.75) is 65.4 Å². The summed E-state index contributed by atoms with van der Waals surface area (Å²) in [5.41, 5.74) is 4.15. The maximum Gasteiger partial charge on any atom is 0.265 e. The monoisotopic (exact) mass is 457 g/mol. The number of hydrogen-bond acceptors (Lipinski definition) is 3. The predicted octanol–water partition coefficient (Wildman–Crippen LogP) is 6.92. The summed E-state index contributed by atoms with van der Waals surface area (Å²) < 4.78 is 5.82. The Bertz CT molecular complexity index is 1150. The molecule has 0 bridgehead atoms. The summed E-state index contributed by atoms with van der Waals surface area (Å²) in [6, 6.07) is 22.5. The van der Waals surface area contributed by atoms with Gasteiger partial charge in [0, 0.05) is 16.8 Å². The predicted molar refractivity (Wildman–Crippen MR) is 139 cm³/mol. The Kier molecular flexibility index (Phi) is 7.30. The van der Waals surface area contributed by atoms with Gasteiger partial charge in [-0.15, -0.1) is 0 Å². The molecule has 1 atom stereocenters. The molecule has 3 rings (SSSR count). The Labute approximate surface area is 203 Å². The fourth-order valence-electron chi connectivity index (χ4n) is 3.56. The Hall–Kier alpha value is -3.40. The second-order valence-electron chi connectivity index (χ2n) is 10.8. The minimum absolute atomic E-state index is 0.0270. The first-order chi connectivity index (χ1) is 15.8. The Balaban J connectivity index is 1.66. The van der Waals surface area contributed by atoms with E-state index < -0.39 is 6.10 Å². The van der Waals surface area contributed by atoms with Crippen LogP contribution in [-0.2, 0) is 15.6 Å². The van der Waals surface area contributed by atoms with Crippen molar-refractivity contribution in [3.8, 4) is 5.75 Å². The number of rotatable bonds is 6. The van der Waals surface area contributed by atoms with Crippen LogP contribution in [0.4, 0.5) is 5.69 Å². The molecular weight excluding hydrogens is 422 g/mol. The average Bonchev–Trinajstić information content (AvgIpc) is 2.78. The number of carbonyl (C=O) groups is 2. The highest BCUT2D eigenvalue weighted by atomic mass is 16.5. The molecule has 0 saturated heterocycles. The number of nitrogens with one attached hydrogen (secondary N) is 1. The molecular formula is C30H35NO3. The van der Waals surface area contributed by atoms with E-state index in [4.69, 9.17) is 4.74 Å². The van der Waals surface area contributed by atoms with Crippen LogP contribution in [0.3, 0.4) is 0 Å². The van der Waals surface area contributed by atoms with E-state index in [1.165, 1.54) is 11.1 Å². The Morgan fingerprint density at radius 3 is 1.79 bits per heavy atom. The average molecular weight is 458 g/mol. The second kappa shape index (κ2) is 9.84. The zero-order chi connectivity index (χ0) is 25.1. The SMILES string of the molecule is C[C@@H](Oc1ccc(C(C)(C)C)cc1)C(=O)Nc1cccc(C(=O)c2ccc(C(C)(C)C)cc2)c1. The number of ether oxygens (including phenoxy) is 1. The maximum absolute atomic E-state index is 13.0. The van der Waals surface area contributed by atoms with Crippen LogP contribution >= 0.6 is 0 Å². The molecule has 0 aliphatic heterocycles. The van der Waals surface area contributed by atoms with E-state index in [1.54, 1.807) is 31.2 Å². The largest absolute Gasteiger partial charge is 0.481 e. The molecule has 1 N–H and O–H groups in total. The lowest BCUT2D eigenvalue weighted by atomic mass is 9.86. The van der Waals surface area contributed by atoms with Crippen LogP contribution in [0.15, 0.2) is 72.8 Å². The maximum atomic E-state index is 13.0. The number of benzene rings is 3. The van der Waals surface area contributed by atoms with Crippen LogP contribution in [0.5, 0.6) is 5.75 Å². The molecule has 34 heavy (non-hydrogen) atoms. The van der Waals surface area contributed by atoms with Crippen LogP contribution in [0.1, 0.15) is 75.5 Å². The summed E-state index contributed by atoms with van der Waals surface area (Å²) in [6.45, 7) is 14.6. The Morgan fingerprint density at radius 2 is 1.26 bits per heavy atom. The van der Waals surface area contributed by atoms with Crippen molar-refractivity contribution < 1.29 is 14.3 Å².